The Morgan fingerprint density at radius 2 is 1.81 bits per heavy atom. The number of rotatable bonds is 10. The number of carbonyl (C=O) groups is 1. The Balaban J connectivity index is 2.23. The van der Waals surface area contributed by atoms with Crippen molar-refractivity contribution < 1.29 is 4.79 Å². The fourth-order valence-corrected chi connectivity index (χ4v) is 3.39. The van der Waals surface area contributed by atoms with E-state index >= 15 is 0 Å². The molecule has 1 fully saturated rings. The Labute approximate surface area is 130 Å². The SMILES string of the molecule is CCCN(CCC)CCCC(=O)NC1CCCCC1CN. The van der Waals surface area contributed by atoms with Gasteiger partial charge < -0.3 is 16.0 Å². The molecule has 1 aliphatic rings. The van der Waals surface area contributed by atoms with Crippen LogP contribution in [0, 0.1) is 5.92 Å². The molecular weight excluding hydrogens is 262 g/mol. The van der Waals surface area contributed by atoms with Crippen LogP contribution in [0.5, 0.6) is 0 Å². The highest BCUT2D eigenvalue weighted by atomic mass is 16.1. The van der Waals surface area contributed by atoms with Gasteiger partial charge in [-0.25, -0.2) is 0 Å². The fraction of sp³-hybridized carbons (Fsp3) is 0.941. The van der Waals surface area contributed by atoms with Crippen LogP contribution < -0.4 is 11.1 Å². The van der Waals surface area contributed by atoms with Crippen LogP contribution in [0.15, 0.2) is 0 Å². The lowest BCUT2D eigenvalue weighted by Gasteiger charge is -2.31. The number of hydrogen-bond donors (Lipinski definition) is 2. The van der Waals surface area contributed by atoms with E-state index in [1.165, 1.54) is 32.1 Å². The van der Waals surface area contributed by atoms with E-state index in [4.69, 9.17) is 5.73 Å². The second-order valence-electron chi connectivity index (χ2n) is 6.40. The zero-order valence-electron chi connectivity index (χ0n) is 14.1. The molecule has 3 N–H and O–H groups in total. The lowest BCUT2D eigenvalue weighted by molar-refractivity contribution is -0.122. The third-order valence-corrected chi connectivity index (χ3v) is 4.52. The quantitative estimate of drug-likeness (QED) is 0.651. The molecule has 0 bridgehead atoms. The summed E-state index contributed by atoms with van der Waals surface area (Å²) in [5.41, 5.74) is 5.82. The van der Waals surface area contributed by atoms with Crippen molar-refractivity contribution in [2.45, 2.75) is 71.3 Å². The van der Waals surface area contributed by atoms with Gasteiger partial charge in [0.05, 0.1) is 0 Å². The average molecular weight is 297 g/mol. The molecule has 4 heteroatoms. The van der Waals surface area contributed by atoms with Gasteiger partial charge in [0.1, 0.15) is 0 Å². The van der Waals surface area contributed by atoms with Crippen LogP contribution in [0.2, 0.25) is 0 Å². The molecule has 0 aromatic carbocycles. The van der Waals surface area contributed by atoms with Crippen molar-refractivity contribution in [3.8, 4) is 0 Å². The largest absolute Gasteiger partial charge is 0.353 e. The lowest BCUT2D eigenvalue weighted by Crippen LogP contribution is -2.44. The molecular formula is C17H35N3O. The molecule has 1 saturated carbocycles. The second kappa shape index (κ2) is 11.0. The molecule has 0 aromatic rings. The summed E-state index contributed by atoms with van der Waals surface area (Å²) in [7, 11) is 0. The van der Waals surface area contributed by atoms with Crippen molar-refractivity contribution in [2.24, 2.45) is 11.7 Å². The molecule has 1 amide bonds. The van der Waals surface area contributed by atoms with Crippen LogP contribution in [-0.2, 0) is 4.79 Å². The summed E-state index contributed by atoms with van der Waals surface area (Å²) >= 11 is 0. The minimum absolute atomic E-state index is 0.216. The number of nitrogens with zero attached hydrogens (tertiary/aromatic N) is 1. The van der Waals surface area contributed by atoms with Gasteiger partial charge in [-0.15, -0.1) is 0 Å². The maximum Gasteiger partial charge on any atom is 0.220 e. The molecule has 0 radical (unpaired) electrons. The molecule has 0 saturated heterocycles. The van der Waals surface area contributed by atoms with E-state index in [0.717, 1.165) is 32.5 Å². The van der Waals surface area contributed by atoms with Gasteiger partial charge in [-0.2, -0.15) is 0 Å². The molecule has 1 aliphatic carbocycles. The molecule has 124 valence electrons. The van der Waals surface area contributed by atoms with Gasteiger partial charge in [-0.05, 0) is 64.2 Å². The first-order valence-corrected chi connectivity index (χ1v) is 8.93. The second-order valence-corrected chi connectivity index (χ2v) is 6.40. The summed E-state index contributed by atoms with van der Waals surface area (Å²) in [6.45, 7) is 8.46. The molecule has 0 spiro atoms. The van der Waals surface area contributed by atoms with E-state index in [1.807, 2.05) is 0 Å². The van der Waals surface area contributed by atoms with Crippen LogP contribution in [0.25, 0.3) is 0 Å². The summed E-state index contributed by atoms with van der Waals surface area (Å²) in [6, 6.07) is 0.318. The van der Waals surface area contributed by atoms with E-state index in [9.17, 15) is 4.79 Å². The zero-order chi connectivity index (χ0) is 15.5. The molecule has 1 rings (SSSR count). The van der Waals surface area contributed by atoms with Crippen molar-refractivity contribution in [3.05, 3.63) is 0 Å². The third kappa shape index (κ3) is 7.28. The summed E-state index contributed by atoms with van der Waals surface area (Å²) in [5, 5.41) is 3.22. The van der Waals surface area contributed by atoms with Crippen LogP contribution in [0.1, 0.15) is 65.2 Å². The first-order valence-electron chi connectivity index (χ1n) is 8.93. The fourth-order valence-electron chi connectivity index (χ4n) is 3.39. The van der Waals surface area contributed by atoms with E-state index in [2.05, 4.69) is 24.1 Å². The monoisotopic (exact) mass is 297 g/mol. The smallest absolute Gasteiger partial charge is 0.220 e. The van der Waals surface area contributed by atoms with Gasteiger partial charge in [0, 0.05) is 12.5 Å². The van der Waals surface area contributed by atoms with Crippen molar-refractivity contribution in [2.75, 3.05) is 26.2 Å². The van der Waals surface area contributed by atoms with E-state index in [0.29, 0.717) is 24.9 Å². The summed E-state index contributed by atoms with van der Waals surface area (Å²) in [6.07, 6.45) is 8.75. The molecule has 2 unspecified atom stereocenters. The van der Waals surface area contributed by atoms with Gasteiger partial charge in [0.25, 0.3) is 0 Å². The Morgan fingerprint density at radius 3 is 2.43 bits per heavy atom. The predicted octanol–water partition coefficient (Wildman–Crippen LogP) is 2.52. The minimum atomic E-state index is 0.216. The summed E-state index contributed by atoms with van der Waals surface area (Å²) < 4.78 is 0. The van der Waals surface area contributed by atoms with Crippen molar-refractivity contribution >= 4 is 5.91 Å². The summed E-state index contributed by atoms with van der Waals surface area (Å²) in [5.74, 6) is 0.702. The maximum atomic E-state index is 12.1. The molecule has 4 nitrogen and oxygen atoms in total. The zero-order valence-corrected chi connectivity index (χ0v) is 14.1. The average Bonchev–Trinajstić information content (AvgIpc) is 2.48. The Morgan fingerprint density at radius 1 is 1.14 bits per heavy atom. The summed E-state index contributed by atoms with van der Waals surface area (Å²) in [4.78, 5) is 14.6. The van der Waals surface area contributed by atoms with Crippen LogP contribution in [0.4, 0.5) is 0 Å². The highest BCUT2D eigenvalue weighted by Crippen LogP contribution is 2.23. The standard InChI is InChI=1S/C17H35N3O/c1-3-11-20(12-4-2)13-7-10-17(21)19-16-9-6-5-8-15(16)14-18/h15-16H,3-14,18H2,1-2H3,(H,19,21). The highest BCUT2D eigenvalue weighted by Gasteiger charge is 2.24. The van der Waals surface area contributed by atoms with E-state index in [-0.39, 0.29) is 5.91 Å². The Bertz CT molecular complexity index is 277. The topological polar surface area (TPSA) is 58.4 Å². The van der Waals surface area contributed by atoms with Crippen molar-refractivity contribution in [1.82, 2.24) is 10.2 Å². The first-order chi connectivity index (χ1) is 10.2. The molecule has 21 heavy (non-hydrogen) atoms. The normalized spacial score (nSPS) is 22.5. The number of hydrogen-bond acceptors (Lipinski definition) is 3. The van der Waals surface area contributed by atoms with Crippen molar-refractivity contribution in [3.63, 3.8) is 0 Å². The third-order valence-electron chi connectivity index (χ3n) is 4.52. The number of amides is 1. The predicted molar refractivity (Wildman–Crippen MR) is 89.2 cm³/mol. The Kier molecular flexibility index (Phi) is 9.68. The molecule has 0 heterocycles. The number of carbonyl (C=O) groups excluding carboxylic acids is 1. The van der Waals surface area contributed by atoms with E-state index < -0.39 is 0 Å². The first kappa shape index (κ1) is 18.4. The minimum Gasteiger partial charge on any atom is -0.353 e. The molecule has 0 aromatic heterocycles. The van der Waals surface area contributed by atoms with Crippen molar-refractivity contribution in [1.29, 1.82) is 0 Å². The number of nitrogens with two attached hydrogens (primary N) is 1. The maximum absolute atomic E-state index is 12.1. The van der Waals surface area contributed by atoms with Gasteiger partial charge in [0.15, 0.2) is 0 Å². The van der Waals surface area contributed by atoms with Crippen LogP contribution in [-0.4, -0.2) is 43.0 Å². The molecule has 2 atom stereocenters. The van der Waals surface area contributed by atoms with Crippen LogP contribution >= 0.6 is 0 Å². The Hall–Kier alpha value is -0.610. The highest BCUT2D eigenvalue weighted by molar-refractivity contribution is 5.76. The lowest BCUT2D eigenvalue weighted by atomic mass is 9.84. The van der Waals surface area contributed by atoms with Gasteiger partial charge in [-0.3, -0.25) is 4.79 Å². The van der Waals surface area contributed by atoms with Gasteiger partial charge in [0.2, 0.25) is 5.91 Å². The van der Waals surface area contributed by atoms with Gasteiger partial charge >= 0.3 is 0 Å². The van der Waals surface area contributed by atoms with Gasteiger partial charge in [-0.1, -0.05) is 26.7 Å². The van der Waals surface area contributed by atoms with E-state index in [1.54, 1.807) is 0 Å². The number of nitrogens with one attached hydrogen (secondary N) is 1. The van der Waals surface area contributed by atoms with Crippen LogP contribution in [0.3, 0.4) is 0 Å². The molecule has 0 aliphatic heterocycles.